The highest BCUT2D eigenvalue weighted by atomic mass is 79.9. The first-order chi connectivity index (χ1) is 8.81. The Kier molecular flexibility index (Phi) is 5.56. The molecule has 0 radical (unpaired) electrons. The van der Waals surface area contributed by atoms with Crippen molar-refractivity contribution in [1.29, 1.82) is 0 Å². The number of nitrogens with zero attached hydrogens (tertiary/aromatic N) is 2. The molecule has 100 valence electrons. The Morgan fingerprint density at radius 1 is 1.33 bits per heavy atom. The quantitative estimate of drug-likeness (QED) is 0.866. The maximum absolute atomic E-state index is 4.33. The van der Waals surface area contributed by atoms with Crippen LogP contribution in [-0.4, -0.2) is 34.1 Å². The topological polar surface area (TPSA) is 49.8 Å². The Bertz CT molecular complexity index is 382. The minimum Gasteiger partial charge on any atom is -0.369 e. The Morgan fingerprint density at radius 3 is 2.78 bits per heavy atom. The molecule has 2 N–H and O–H groups in total. The first-order valence-corrected chi connectivity index (χ1v) is 8.34. The smallest absolute Gasteiger partial charge is 0.146 e. The molecule has 0 unspecified atom stereocenters. The monoisotopic (exact) mass is 330 g/mol. The fourth-order valence-electron chi connectivity index (χ4n) is 1.87. The zero-order chi connectivity index (χ0) is 12.8. The number of rotatable bonds is 5. The lowest BCUT2D eigenvalue weighted by atomic mass is 10.1. The number of aromatic nitrogens is 2. The standard InChI is InChI=1S/C12H19BrN4S/c1-2-5-14-11-10(13)12(16-8-15-11)17-9-3-6-18-7-4-9/h8-9H,2-7H2,1H3,(H2,14,15,16,17). The molecular weight excluding hydrogens is 312 g/mol. The Labute approximate surface area is 121 Å². The van der Waals surface area contributed by atoms with Gasteiger partial charge in [-0.05, 0) is 46.7 Å². The predicted molar refractivity (Wildman–Crippen MR) is 82.5 cm³/mol. The molecule has 1 aromatic rings. The van der Waals surface area contributed by atoms with Crippen LogP contribution in [0.5, 0.6) is 0 Å². The second kappa shape index (κ2) is 7.19. The van der Waals surface area contributed by atoms with Crippen LogP contribution in [0.3, 0.4) is 0 Å². The molecule has 1 aliphatic rings. The van der Waals surface area contributed by atoms with Crippen molar-refractivity contribution in [3.63, 3.8) is 0 Å². The van der Waals surface area contributed by atoms with Gasteiger partial charge >= 0.3 is 0 Å². The molecule has 1 saturated heterocycles. The van der Waals surface area contributed by atoms with E-state index in [4.69, 9.17) is 0 Å². The van der Waals surface area contributed by atoms with E-state index in [1.165, 1.54) is 24.3 Å². The van der Waals surface area contributed by atoms with Gasteiger partial charge in [0, 0.05) is 12.6 Å². The van der Waals surface area contributed by atoms with Crippen LogP contribution in [0.1, 0.15) is 26.2 Å². The van der Waals surface area contributed by atoms with Crippen LogP contribution in [0.15, 0.2) is 10.8 Å². The molecular formula is C12H19BrN4S. The van der Waals surface area contributed by atoms with Gasteiger partial charge in [-0.25, -0.2) is 9.97 Å². The summed E-state index contributed by atoms with van der Waals surface area (Å²) in [4.78, 5) is 8.58. The summed E-state index contributed by atoms with van der Waals surface area (Å²) in [5.74, 6) is 4.25. The summed E-state index contributed by atoms with van der Waals surface area (Å²) in [7, 11) is 0. The number of thioether (sulfide) groups is 1. The largest absolute Gasteiger partial charge is 0.369 e. The molecule has 0 saturated carbocycles. The second-order valence-corrected chi connectivity index (χ2v) is 6.36. The van der Waals surface area contributed by atoms with Gasteiger partial charge in [0.25, 0.3) is 0 Å². The number of anilines is 2. The first-order valence-electron chi connectivity index (χ1n) is 6.40. The molecule has 0 aliphatic carbocycles. The number of hydrogen-bond donors (Lipinski definition) is 2. The van der Waals surface area contributed by atoms with Crippen LogP contribution in [-0.2, 0) is 0 Å². The normalized spacial score (nSPS) is 16.6. The molecule has 4 nitrogen and oxygen atoms in total. The Morgan fingerprint density at radius 2 is 2.06 bits per heavy atom. The molecule has 1 aromatic heterocycles. The maximum atomic E-state index is 4.33. The van der Waals surface area contributed by atoms with Gasteiger partial charge in [-0.15, -0.1) is 0 Å². The van der Waals surface area contributed by atoms with Crippen LogP contribution in [0, 0.1) is 0 Å². The van der Waals surface area contributed by atoms with E-state index in [0.717, 1.165) is 29.1 Å². The van der Waals surface area contributed by atoms with Gasteiger partial charge in [0.1, 0.15) is 22.4 Å². The average Bonchev–Trinajstić information content (AvgIpc) is 2.41. The fourth-order valence-corrected chi connectivity index (χ4v) is 3.44. The summed E-state index contributed by atoms with van der Waals surface area (Å²) in [6, 6.07) is 0.538. The van der Waals surface area contributed by atoms with Gasteiger partial charge in [-0.1, -0.05) is 6.92 Å². The van der Waals surface area contributed by atoms with E-state index in [1.54, 1.807) is 6.33 Å². The van der Waals surface area contributed by atoms with Gasteiger partial charge in [0.05, 0.1) is 0 Å². The number of nitrogens with one attached hydrogen (secondary N) is 2. The maximum Gasteiger partial charge on any atom is 0.146 e. The molecule has 0 spiro atoms. The third-order valence-corrected chi connectivity index (χ3v) is 4.69. The van der Waals surface area contributed by atoms with Gasteiger partial charge in [-0.3, -0.25) is 0 Å². The third kappa shape index (κ3) is 3.75. The van der Waals surface area contributed by atoms with Gasteiger partial charge in [0.2, 0.25) is 0 Å². The molecule has 18 heavy (non-hydrogen) atoms. The van der Waals surface area contributed by atoms with Gasteiger partial charge in [0.15, 0.2) is 0 Å². The zero-order valence-corrected chi connectivity index (χ0v) is 13.0. The van der Waals surface area contributed by atoms with E-state index in [1.807, 2.05) is 11.8 Å². The van der Waals surface area contributed by atoms with Crippen LogP contribution >= 0.6 is 27.7 Å². The second-order valence-electron chi connectivity index (χ2n) is 4.34. The number of halogens is 1. The number of hydrogen-bond acceptors (Lipinski definition) is 5. The first kappa shape index (κ1) is 13.9. The molecule has 2 heterocycles. The van der Waals surface area contributed by atoms with E-state index in [-0.39, 0.29) is 0 Å². The van der Waals surface area contributed by atoms with E-state index in [9.17, 15) is 0 Å². The predicted octanol–water partition coefficient (Wildman–Crippen LogP) is 3.37. The highest BCUT2D eigenvalue weighted by Gasteiger charge is 2.16. The van der Waals surface area contributed by atoms with Crippen molar-refractivity contribution in [2.24, 2.45) is 0 Å². The molecule has 6 heteroatoms. The molecule has 1 fully saturated rings. The van der Waals surface area contributed by atoms with Crippen LogP contribution in [0.25, 0.3) is 0 Å². The summed E-state index contributed by atoms with van der Waals surface area (Å²) in [6.07, 6.45) is 5.11. The van der Waals surface area contributed by atoms with Crippen molar-refractivity contribution in [1.82, 2.24) is 9.97 Å². The Balaban J connectivity index is 2.02. The lowest BCUT2D eigenvalue weighted by Crippen LogP contribution is -2.25. The van der Waals surface area contributed by atoms with Crippen molar-refractivity contribution in [2.75, 3.05) is 28.7 Å². The van der Waals surface area contributed by atoms with E-state index >= 15 is 0 Å². The molecule has 0 atom stereocenters. The summed E-state index contributed by atoms with van der Waals surface area (Å²) in [5, 5.41) is 6.81. The lowest BCUT2D eigenvalue weighted by Gasteiger charge is -2.23. The zero-order valence-electron chi connectivity index (χ0n) is 10.6. The van der Waals surface area contributed by atoms with Gasteiger partial charge < -0.3 is 10.6 Å². The average molecular weight is 331 g/mol. The SMILES string of the molecule is CCCNc1ncnc(NC2CCSCC2)c1Br. The molecule has 0 aromatic carbocycles. The van der Waals surface area contributed by atoms with Crippen LogP contribution in [0.2, 0.25) is 0 Å². The van der Waals surface area contributed by atoms with Crippen LogP contribution < -0.4 is 10.6 Å². The van der Waals surface area contributed by atoms with Crippen molar-refractivity contribution in [3.8, 4) is 0 Å². The fraction of sp³-hybridized carbons (Fsp3) is 0.667. The molecule has 0 amide bonds. The highest BCUT2D eigenvalue weighted by Crippen LogP contribution is 2.29. The van der Waals surface area contributed by atoms with E-state index in [2.05, 4.69) is 43.5 Å². The van der Waals surface area contributed by atoms with Crippen molar-refractivity contribution < 1.29 is 0 Å². The van der Waals surface area contributed by atoms with Crippen LogP contribution in [0.4, 0.5) is 11.6 Å². The van der Waals surface area contributed by atoms with Crippen molar-refractivity contribution in [3.05, 3.63) is 10.8 Å². The molecule has 2 rings (SSSR count). The third-order valence-electron chi connectivity index (χ3n) is 2.89. The summed E-state index contributed by atoms with van der Waals surface area (Å²) < 4.78 is 0.941. The van der Waals surface area contributed by atoms with Gasteiger partial charge in [-0.2, -0.15) is 11.8 Å². The summed E-state index contributed by atoms with van der Waals surface area (Å²) in [6.45, 7) is 3.07. The highest BCUT2D eigenvalue weighted by molar-refractivity contribution is 9.10. The Hall–Kier alpha value is -0.490. The van der Waals surface area contributed by atoms with Crippen molar-refractivity contribution >= 4 is 39.3 Å². The van der Waals surface area contributed by atoms with Crippen molar-refractivity contribution in [2.45, 2.75) is 32.2 Å². The van der Waals surface area contributed by atoms with E-state index in [0.29, 0.717) is 6.04 Å². The molecule has 1 aliphatic heterocycles. The minimum atomic E-state index is 0.538. The summed E-state index contributed by atoms with van der Waals surface area (Å²) in [5.41, 5.74) is 0. The molecule has 0 bridgehead atoms. The minimum absolute atomic E-state index is 0.538. The summed E-state index contributed by atoms with van der Waals surface area (Å²) >= 11 is 5.61. The van der Waals surface area contributed by atoms with E-state index < -0.39 is 0 Å². The lowest BCUT2D eigenvalue weighted by molar-refractivity contribution is 0.663.